The zero-order chi connectivity index (χ0) is 24.9. The number of pyridine rings is 1. The molecule has 0 unspecified atom stereocenters. The van der Waals surface area contributed by atoms with Crippen molar-refractivity contribution in [3.63, 3.8) is 0 Å². The highest BCUT2D eigenvalue weighted by atomic mass is 16.5. The number of carbonyl (C=O) groups is 1. The van der Waals surface area contributed by atoms with Crippen LogP contribution in [0.3, 0.4) is 0 Å². The number of nitrogens with one attached hydrogen (secondary N) is 1. The minimum atomic E-state index is -1.14. The highest BCUT2D eigenvalue weighted by molar-refractivity contribution is 5.98. The van der Waals surface area contributed by atoms with Crippen LogP contribution in [0, 0.1) is 12.8 Å². The van der Waals surface area contributed by atoms with Gasteiger partial charge in [-0.05, 0) is 42.2 Å². The van der Waals surface area contributed by atoms with Crippen LogP contribution in [0.4, 0.5) is 4.79 Å². The number of hydrogen-bond donors (Lipinski definition) is 2. The van der Waals surface area contributed by atoms with Crippen molar-refractivity contribution in [2.24, 2.45) is 5.92 Å². The molecule has 0 spiro atoms. The molecule has 4 rings (SSSR count). The third-order valence-corrected chi connectivity index (χ3v) is 5.89. The lowest BCUT2D eigenvalue weighted by Crippen LogP contribution is -2.31. The Hall–Kier alpha value is -4.06. The Balaban J connectivity index is 1.93. The number of carboxylic acid groups (broad SMARTS) is 1. The predicted octanol–water partition coefficient (Wildman–Crippen LogP) is 5.98. The zero-order valence-electron chi connectivity index (χ0n) is 20.2. The van der Waals surface area contributed by atoms with Gasteiger partial charge >= 0.3 is 6.09 Å². The lowest BCUT2D eigenvalue weighted by molar-refractivity contribution is 0.193. The first kappa shape index (κ1) is 24.1. The molecular weight excluding hydrogens is 440 g/mol. The van der Waals surface area contributed by atoms with Crippen LogP contribution in [0.5, 0.6) is 5.75 Å². The molecule has 3 aromatic carbocycles. The lowest BCUT2D eigenvalue weighted by Gasteiger charge is -2.22. The molecule has 1 aromatic heterocycles. The molecule has 0 bridgehead atoms. The number of hydrogen-bond acceptors (Lipinski definition) is 3. The average Bonchev–Trinajstić information content (AvgIpc) is 2.84. The minimum absolute atomic E-state index is 0.0194. The van der Waals surface area contributed by atoms with Crippen LogP contribution >= 0.6 is 0 Å². The van der Waals surface area contributed by atoms with E-state index in [9.17, 15) is 14.7 Å². The third kappa shape index (κ3) is 5.54. The van der Waals surface area contributed by atoms with Crippen LogP contribution in [0.15, 0.2) is 77.6 Å². The lowest BCUT2D eigenvalue weighted by atomic mass is 9.95. The first-order chi connectivity index (χ1) is 16.8. The molecule has 0 saturated carbocycles. The number of nitrogens with zero attached hydrogens (tertiary/aromatic N) is 1. The monoisotopic (exact) mass is 470 g/mol. The van der Waals surface area contributed by atoms with Gasteiger partial charge in [0.15, 0.2) is 0 Å². The second kappa shape index (κ2) is 10.5. The van der Waals surface area contributed by atoms with Crippen molar-refractivity contribution in [2.45, 2.75) is 40.5 Å². The summed E-state index contributed by atoms with van der Waals surface area (Å²) < 4.78 is 7.78. The molecule has 0 saturated heterocycles. The molecule has 0 aliphatic carbocycles. The summed E-state index contributed by atoms with van der Waals surface area (Å²) >= 11 is 0. The molecule has 0 fully saturated rings. The van der Waals surface area contributed by atoms with Gasteiger partial charge in [0.1, 0.15) is 12.4 Å². The molecule has 35 heavy (non-hydrogen) atoms. The minimum Gasteiger partial charge on any atom is -0.489 e. The van der Waals surface area contributed by atoms with Gasteiger partial charge in [0.05, 0.1) is 6.54 Å². The van der Waals surface area contributed by atoms with Crippen LogP contribution in [-0.4, -0.2) is 15.8 Å². The molecule has 2 N–H and O–H groups in total. The summed E-state index contributed by atoms with van der Waals surface area (Å²) in [6.45, 7) is 7.00. The molecule has 180 valence electrons. The van der Waals surface area contributed by atoms with E-state index in [0.717, 1.165) is 27.6 Å². The molecule has 0 atom stereocenters. The van der Waals surface area contributed by atoms with E-state index >= 15 is 0 Å². The summed E-state index contributed by atoms with van der Waals surface area (Å²) in [4.78, 5) is 25.0. The first-order valence-corrected chi connectivity index (χ1v) is 11.7. The number of fused-ring (bicyclic) bond motifs is 1. The summed E-state index contributed by atoms with van der Waals surface area (Å²) in [5, 5.41) is 13.1. The zero-order valence-corrected chi connectivity index (χ0v) is 20.2. The molecule has 1 amide bonds. The molecule has 6 heteroatoms. The fraction of sp³-hybridized carbons (Fsp3) is 0.241. The standard InChI is InChI=1S/C29H30N2O4/c1-19(2)17-31-26(16-30-29(33)34)27(22-11-9-20(3)10-12-22)25-15-23(13-14-24(25)28(31)32)35-18-21-7-5-4-6-8-21/h4-15,19,30H,16-18H2,1-3H3,(H,33,34). The Morgan fingerprint density at radius 1 is 1.00 bits per heavy atom. The van der Waals surface area contributed by atoms with Gasteiger partial charge in [-0.3, -0.25) is 4.79 Å². The van der Waals surface area contributed by atoms with E-state index in [1.165, 1.54) is 0 Å². The first-order valence-electron chi connectivity index (χ1n) is 11.7. The van der Waals surface area contributed by atoms with Crippen molar-refractivity contribution >= 4 is 16.9 Å². The summed E-state index contributed by atoms with van der Waals surface area (Å²) in [7, 11) is 0. The fourth-order valence-electron chi connectivity index (χ4n) is 4.25. The number of aromatic nitrogens is 1. The molecule has 0 radical (unpaired) electrons. The second-order valence-electron chi connectivity index (χ2n) is 9.14. The number of rotatable bonds is 8. The maximum atomic E-state index is 13.6. The van der Waals surface area contributed by atoms with Crippen LogP contribution in [0.2, 0.25) is 0 Å². The van der Waals surface area contributed by atoms with Crippen molar-refractivity contribution in [1.29, 1.82) is 0 Å². The highest BCUT2D eigenvalue weighted by Crippen LogP contribution is 2.34. The topological polar surface area (TPSA) is 80.6 Å². The van der Waals surface area contributed by atoms with E-state index in [1.54, 1.807) is 10.6 Å². The third-order valence-electron chi connectivity index (χ3n) is 5.89. The van der Waals surface area contributed by atoms with E-state index in [4.69, 9.17) is 4.74 Å². The molecule has 0 aliphatic heterocycles. The van der Waals surface area contributed by atoms with Crippen LogP contribution < -0.4 is 15.6 Å². The van der Waals surface area contributed by atoms with Crippen LogP contribution in [-0.2, 0) is 19.7 Å². The van der Waals surface area contributed by atoms with Gasteiger partial charge in [0.2, 0.25) is 0 Å². The number of amides is 1. The number of benzene rings is 3. The van der Waals surface area contributed by atoms with E-state index in [0.29, 0.717) is 30.0 Å². The van der Waals surface area contributed by atoms with Gasteiger partial charge < -0.3 is 19.7 Å². The van der Waals surface area contributed by atoms with Gasteiger partial charge in [-0.2, -0.15) is 0 Å². The maximum Gasteiger partial charge on any atom is 0.404 e. The predicted molar refractivity (Wildman–Crippen MR) is 139 cm³/mol. The molecular formula is C29H30N2O4. The van der Waals surface area contributed by atoms with E-state index < -0.39 is 6.09 Å². The molecule has 0 aliphatic rings. The van der Waals surface area contributed by atoms with E-state index in [1.807, 2.05) is 87.5 Å². The van der Waals surface area contributed by atoms with Crippen molar-refractivity contribution < 1.29 is 14.6 Å². The highest BCUT2D eigenvalue weighted by Gasteiger charge is 2.20. The van der Waals surface area contributed by atoms with Crippen LogP contribution in [0.1, 0.15) is 30.7 Å². The Morgan fingerprint density at radius 2 is 1.71 bits per heavy atom. The Bertz CT molecular complexity index is 1390. The van der Waals surface area contributed by atoms with Crippen LogP contribution in [0.25, 0.3) is 21.9 Å². The van der Waals surface area contributed by atoms with Crippen molar-refractivity contribution in [1.82, 2.24) is 9.88 Å². The summed E-state index contributed by atoms with van der Waals surface area (Å²) in [5.74, 6) is 0.848. The maximum absolute atomic E-state index is 13.6. The van der Waals surface area contributed by atoms with Crippen molar-refractivity contribution in [3.05, 3.63) is 100.0 Å². The van der Waals surface area contributed by atoms with Crippen molar-refractivity contribution in [3.8, 4) is 16.9 Å². The van der Waals surface area contributed by atoms with Gasteiger partial charge in [-0.1, -0.05) is 74.0 Å². The Kier molecular flexibility index (Phi) is 7.20. The second-order valence-corrected chi connectivity index (χ2v) is 9.14. The smallest absolute Gasteiger partial charge is 0.404 e. The van der Waals surface area contributed by atoms with Gasteiger partial charge in [-0.15, -0.1) is 0 Å². The quantitative estimate of drug-likeness (QED) is 0.332. The van der Waals surface area contributed by atoms with Gasteiger partial charge in [0.25, 0.3) is 5.56 Å². The number of ether oxygens (including phenoxy) is 1. The Morgan fingerprint density at radius 3 is 2.37 bits per heavy atom. The largest absolute Gasteiger partial charge is 0.489 e. The number of aryl methyl sites for hydroxylation is 1. The molecule has 4 aromatic rings. The average molecular weight is 471 g/mol. The van der Waals surface area contributed by atoms with E-state index in [-0.39, 0.29) is 18.0 Å². The summed E-state index contributed by atoms with van der Waals surface area (Å²) in [6.07, 6.45) is -1.14. The normalized spacial score (nSPS) is 11.1. The van der Waals surface area contributed by atoms with Crippen molar-refractivity contribution in [2.75, 3.05) is 0 Å². The molecule has 6 nitrogen and oxygen atoms in total. The SMILES string of the molecule is Cc1ccc(-c2c(CNC(=O)O)n(CC(C)C)c(=O)c3ccc(OCc4ccccc4)cc23)cc1. The summed E-state index contributed by atoms with van der Waals surface area (Å²) in [6, 6.07) is 23.5. The van der Waals surface area contributed by atoms with Gasteiger partial charge in [0, 0.05) is 28.6 Å². The van der Waals surface area contributed by atoms with Gasteiger partial charge in [-0.25, -0.2) is 4.79 Å². The molecule has 1 heterocycles. The Labute approximate surface area is 204 Å². The summed E-state index contributed by atoms with van der Waals surface area (Å²) in [5.41, 5.74) is 4.42. The van der Waals surface area contributed by atoms with E-state index in [2.05, 4.69) is 5.32 Å². The fourth-order valence-corrected chi connectivity index (χ4v) is 4.25.